The first-order valence-corrected chi connectivity index (χ1v) is 6.47. The largest absolute Gasteiger partial charge is 0.457 e. The molecule has 0 atom stereocenters. The molecule has 0 aliphatic rings. The van der Waals surface area contributed by atoms with Gasteiger partial charge in [0.1, 0.15) is 11.5 Å². The van der Waals surface area contributed by atoms with Crippen LogP contribution in [0.15, 0.2) is 40.9 Å². The lowest BCUT2D eigenvalue weighted by Crippen LogP contribution is -1.86. The molecule has 90 valence electrons. The maximum atomic E-state index is 8.87. The lowest BCUT2D eigenvalue weighted by Gasteiger charge is -2.07. The minimum atomic E-state index is 0.421. The van der Waals surface area contributed by atoms with Gasteiger partial charge in [0, 0.05) is 10.5 Å². The van der Waals surface area contributed by atoms with Gasteiger partial charge >= 0.3 is 0 Å². The molecule has 0 bridgehead atoms. The summed E-state index contributed by atoms with van der Waals surface area (Å²) in [7, 11) is 0. The SMILES string of the molecule is N#Cc1cc(Br)cc(Oc2ccc(Cl)c(Cl)c2)c1. The second-order valence-corrected chi connectivity index (χ2v) is 5.20. The molecular weight excluding hydrogens is 337 g/mol. The van der Waals surface area contributed by atoms with Crippen LogP contribution in [0.1, 0.15) is 5.56 Å². The zero-order valence-corrected chi connectivity index (χ0v) is 12.1. The lowest BCUT2D eigenvalue weighted by molar-refractivity contribution is 0.482. The van der Waals surface area contributed by atoms with Crippen LogP contribution in [0.5, 0.6) is 11.5 Å². The molecule has 0 heterocycles. The van der Waals surface area contributed by atoms with E-state index >= 15 is 0 Å². The molecule has 0 radical (unpaired) electrons. The van der Waals surface area contributed by atoms with Crippen molar-refractivity contribution in [1.82, 2.24) is 0 Å². The second kappa shape index (κ2) is 5.62. The highest BCUT2D eigenvalue weighted by molar-refractivity contribution is 9.10. The van der Waals surface area contributed by atoms with Crippen molar-refractivity contribution in [2.75, 3.05) is 0 Å². The van der Waals surface area contributed by atoms with Crippen molar-refractivity contribution >= 4 is 39.1 Å². The van der Waals surface area contributed by atoms with Crippen LogP contribution < -0.4 is 4.74 Å². The fraction of sp³-hybridized carbons (Fsp3) is 0. The first kappa shape index (κ1) is 13.2. The zero-order valence-electron chi connectivity index (χ0n) is 8.95. The molecule has 0 amide bonds. The average Bonchev–Trinajstić information content (AvgIpc) is 2.33. The molecule has 0 spiro atoms. The van der Waals surface area contributed by atoms with Crippen LogP contribution in [-0.4, -0.2) is 0 Å². The van der Waals surface area contributed by atoms with Gasteiger partial charge in [-0.1, -0.05) is 39.1 Å². The van der Waals surface area contributed by atoms with Crippen molar-refractivity contribution in [3.63, 3.8) is 0 Å². The van der Waals surface area contributed by atoms with E-state index in [1.807, 2.05) is 0 Å². The summed E-state index contributed by atoms with van der Waals surface area (Å²) < 4.78 is 6.39. The molecule has 0 saturated heterocycles. The molecule has 0 saturated carbocycles. The fourth-order valence-corrected chi connectivity index (χ4v) is 2.12. The van der Waals surface area contributed by atoms with E-state index < -0.39 is 0 Å². The Hall–Kier alpha value is -1.21. The summed E-state index contributed by atoms with van der Waals surface area (Å²) in [6.45, 7) is 0. The molecule has 18 heavy (non-hydrogen) atoms. The highest BCUT2D eigenvalue weighted by Gasteiger charge is 2.04. The van der Waals surface area contributed by atoms with Gasteiger partial charge in [-0.2, -0.15) is 5.26 Å². The monoisotopic (exact) mass is 341 g/mol. The van der Waals surface area contributed by atoms with Crippen LogP contribution in [0.25, 0.3) is 0 Å². The first-order chi connectivity index (χ1) is 8.58. The third kappa shape index (κ3) is 3.17. The van der Waals surface area contributed by atoms with Crippen LogP contribution in [0, 0.1) is 11.3 Å². The normalized spacial score (nSPS) is 9.89. The third-order valence-electron chi connectivity index (χ3n) is 2.13. The Labute approximate surface area is 123 Å². The highest BCUT2D eigenvalue weighted by atomic mass is 79.9. The maximum absolute atomic E-state index is 8.87. The Morgan fingerprint density at radius 1 is 1.00 bits per heavy atom. The minimum Gasteiger partial charge on any atom is -0.457 e. The van der Waals surface area contributed by atoms with E-state index in [9.17, 15) is 0 Å². The molecule has 5 heteroatoms. The summed E-state index contributed by atoms with van der Waals surface area (Å²) in [4.78, 5) is 0. The average molecular weight is 343 g/mol. The number of nitriles is 1. The van der Waals surface area contributed by atoms with E-state index in [-0.39, 0.29) is 0 Å². The summed E-state index contributed by atoms with van der Waals surface area (Å²) in [5.41, 5.74) is 0.513. The van der Waals surface area contributed by atoms with Crippen LogP contribution in [-0.2, 0) is 0 Å². The van der Waals surface area contributed by atoms with Crippen LogP contribution in [0.3, 0.4) is 0 Å². The molecule has 2 nitrogen and oxygen atoms in total. The first-order valence-electron chi connectivity index (χ1n) is 4.92. The summed E-state index contributed by atoms with van der Waals surface area (Å²) >= 11 is 15.0. The summed E-state index contributed by atoms with van der Waals surface area (Å²) in [5, 5.41) is 9.76. The Kier molecular flexibility index (Phi) is 4.13. The fourth-order valence-electron chi connectivity index (χ4n) is 1.36. The molecule has 0 aromatic heterocycles. The maximum Gasteiger partial charge on any atom is 0.129 e. The van der Waals surface area contributed by atoms with Crippen molar-refractivity contribution in [2.45, 2.75) is 0 Å². The van der Waals surface area contributed by atoms with Gasteiger partial charge in [0.2, 0.25) is 0 Å². The van der Waals surface area contributed by atoms with Crippen molar-refractivity contribution < 1.29 is 4.74 Å². The molecule has 0 aliphatic heterocycles. The summed E-state index contributed by atoms with van der Waals surface area (Å²) in [6.07, 6.45) is 0. The van der Waals surface area contributed by atoms with E-state index in [0.717, 1.165) is 4.47 Å². The van der Waals surface area contributed by atoms with Gasteiger partial charge in [0.15, 0.2) is 0 Å². The van der Waals surface area contributed by atoms with E-state index in [4.69, 9.17) is 33.2 Å². The Bertz CT molecular complexity index is 637. The van der Waals surface area contributed by atoms with Crippen LogP contribution in [0.4, 0.5) is 0 Å². The number of ether oxygens (including phenoxy) is 1. The van der Waals surface area contributed by atoms with E-state index in [0.29, 0.717) is 27.1 Å². The zero-order chi connectivity index (χ0) is 13.1. The van der Waals surface area contributed by atoms with Gasteiger partial charge in [0.25, 0.3) is 0 Å². The van der Waals surface area contributed by atoms with E-state index in [1.54, 1.807) is 36.4 Å². The standard InChI is InChI=1S/C13H6BrCl2NO/c14-9-3-8(7-17)4-11(5-9)18-10-1-2-12(15)13(16)6-10/h1-6H. The van der Waals surface area contributed by atoms with E-state index in [1.165, 1.54) is 0 Å². The molecule has 2 aromatic carbocycles. The van der Waals surface area contributed by atoms with Crippen molar-refractivity contribution in [1.29, 1.82) is 5.26 Å². The van der Waals surface area contributed by atoms with Crippen LogP contribution >= 0.6 is 39.1 Å². The third-order valence-corrected chi connectivity index (χ3v) is 3.32. The molecule has 0 unspecified atom stereocenters. The highest BCUT2D eigenvalue weighted by Crippen LogP contribution is 2.30. The lowest BCUT2D eigenvalue weighted by atomic mass is 10.2. The predicted molar refractivity (Wildman–Crippen MR) is 75.4 cm³/mol. The molecule has 2 aromatic rings. The van der Waals surface area contributed by atoms with Crippen molar-refractivity contribution in [3.8, 4) is 17.6 Å². The number of benzene rings is 2. The smallest absolute Gasteiger partial charge is 0.129 e. The van der Waals surface area contributed by atoms with Crippen LogP contribution in [0.2, 0.25) is 10.0 Å². The Morgan fingerprint density at radius 2 is 1.78 bits per heavy atom. The van der Waals surface area contributed by atoms with Gasteiger partial charge in [-0.15, -0.1) is 0 Å². The second-order valence-electron chi connectivity index (χ2n) is 3.47. The number of rotatable bonds is 2. The Balaban J connectivity index is 2.31. The molecule has 0 fully saturated rings. The van der Waals surface area contributed by atoms with Gasteiger partial charge < -0.3 is 4.74 Å². The Morgan fingerprint density at radius 3 is 2.44 bits per heavy atom. The van der Waals surface area contributed by atoms with E-state index in [2.05, 4.69) is 22.0 Å². The topological polar surface area (TPSA) is 33.0 Å². The number of hydrogen-bond donors (Lipinski definition) is 0. The molecule has 0 N–H and O–H groups in total. The number of hydrogen-bond acceptors (Lipinski definition) is 2. The molecule has 2 rings (SSSR count). The van der Waals surface area contributed by atoms with Gasteiger partial charge in [-0.25, -0.2) is 0 Å². The predicted octanol–water partition coefficient (Wildman–Crippen LogP) is 5.42. The molecule has 0 aliphatic carbocycles. The van der Waals surface area contributed by atoms with Gasteiger partial charge in [-0.05, 0) is 30.3 Å². The number of nitrogens with zero attached hydrogens (tertiary/aromatic N) is 1. The van der Waals surface area contributed by atoms with Crippen molar-refractivity contribution in [3.05, 3.63) is 56.5 Å². The minimum absolute atomic E-state index is 0.421. The van der Waals surface area contributed by atoms with Crippen molar-refractivity contribution in [2.24, 2.45) is 0 Å². The molecular formula is C13H6BrCl2NO. The van der Waals surface area contributed by atoms with Gasteiger partial charge in [0.05, 0.1) is 21.7 Å². The summed E-state index contributed by atoms with van der Waals surface area (Å²) in [5.74, 6) is 1.12. The summed E-state index contributed by atoms with van der Waals surface area (Å²) in [6, 6.07) is 12.2. The van der Waals surface area contributed by atoms with Gasteiger partial charge in [-0.3, -0.25) is 0 Å². The quantitative estimate of drug-likeness (QED) is 0.730. The number of halogens is 3.